The number of anilines is 1. The molecule has 0 radical (unpaired) electrons. The molecule has 1 fully saturated rings. The number of benzene rings is 4. The van der Waals surface area contributed by atoms with E-state index >= 15 is 0 Å². The molecule has 5 aromatic rings. The van der Waals surface area contributed by atoms with Crippen LogP contribution in [0.1, 0.15) is 45.6 Å². The first-order valence-corrected chi connectivity index (χ1v) is 16.3. The Morgan fingerprint density at radius 2 is 1.78 bits per heavy atom. The van der Waals surface area contributed by atoms with Crippen LogP contribution in [0.15, 0.2) is 94.8 Å². The molecule has 0 spiro atoms. The molecule has 2 aliphatic heterocycles. The van der Waals surface area contributed by atoms with Gasteiger partial charge in [-0.1, -0.05) is 77.7 Å². The van der Waals surface area contributed by atoms with E-state index in [1.807, 2.05) is 25.1 Å². The van der Waals surface area contributed by atoms with Crippen LogP contribution in [0.2, 0.25) is 0 Å². The molecule has 4 aromatic carbocycles. The van der Waals surface area contributed by atoms with E-state index in [9.17, 15) is 19.5 Å². The van der Waals surface area contributed by atoms with Gasteiger partial charge in [0, 0.05) is 17.7 Å². The molecule has 3 heterocycles. The van der Waals surface area contributed by atoms with Crippen LogP contribution in [0.5, 0.6) is 5.75 Å². The van der Waals surface area contributed by atoms with Crippen molar-refractivity contribution in [2.45, 2.75) is 35.6 Å². The van der Waals surface area contributed by atoms with Crippen molar-refractivity contribution in [3.63, 3.8) is 0 Å². The van der Waals surface area contributed by atoms with E-state index in [0.717, 1.165) is 27.6 Å². The summed E-state index contributed by atoms with van der Waals surface area (Å²) >= 11 is 2.68. The fraction of sp³-hybridized carbons (Fsp3) is 0.171. The molecule has 1 amide bonds. The fourth-order valence-corrected chi connectivity index (χ4v) is 7.78. The lowest BCUT2D eigenvalue weighted by molar-refractivity contribution is -0.132. The van der Waals surface area contributed by atoms with Crippen LogP contribution in [-0.2, 0) is 26.5 Å². The zero-order chi connectivity index (χ0) is 31.9. The second-order valence-corrected chi connectivity index (χ2v) is 13.2. The van der Waals surface area contributed by atoms with Crippen molar-refractivity contribution in [2.75, 3.05) is 12.0 Å². The quantitative estimate of drug-likeness (QED) is 0.0512. The van der Waals surface area contributed by atoms with Crippen molar-refractivity contribution in [3.05, 3.63) is 118 Å². The molecule has 1 N–H and O–H groups in total. The number of nitrogens with zero attached hydrogens (tertiary/aromatic N) is 3. The number of aromatic nitrogens is 2. The van der Waals surface area contributed by atoms with Gasteiger partial charge in [-0.2, -0.15) is 0 Å². The number of carbonyl (C=O) groups excluding carboxylic acids is 3. The Morgan fingerprint density at radius 1 is 1.02 bits per heavy atom. The highest BCUT2D eigenvalue weighted by Gasteiger charge is 2.48. The minimum Gasteiger partial charge on any atom is -0.507 e. The highest BCUT2D eigenvalue weighted by atomic mass is 32.2. The van der Waals surface area contributed by atoms with Crippen molar-refractivity contribution < 1.29 is 29.0 Å². The fourth-order valence-electron chi connectivity index (χ4n) is 5.91. The highest BCUT2D eigenvalue weighted by Crippen LogP contribution is 2.45. The third-order valence-electron chi connectivity index (χ3n) is 8.09. The topological polar surface area (TPSA) is 119 Å². The van der Waals surface area contributed by atoms with Crippen molar-refractivity contribution in [1.29, 1.82) is 0 Å². The van der Waals surface area contributed by atoms with E-state index in [-0.39, 0.29) is 22.6 Å². The number of aliphatic hydroxyl groups excluding tert-OH is 1. The predicted octanol–water partition coefficient (Wildman–Crippen LogP) is 6.72. The summed E-state index contributed by atoms with van der Waals surface area (Å²) in [5, 5.41) is 22.8. The number of hydrogen-bond donors (Lipinski definition) is 1. The number of rotatable bonds is 7. The van der Waals surface area contributed by atoms with Gasteiger partial charge < -0.3 is 14.6 Å². The van der Waals surface area contributed by atoms with Gasteiger partial charge in [-0.3, -0.25) is 14.5 Å². The number of ketones is 1. The van der Waals surface area contributed by atoms with Gasteiger partial charge in [0.05, 0.1) is 24.3 Å². The Morgan fingerprint density at radius 3 is 2.59 bits per heavy atom. The standard InChI is InChI=1S/C35H27N3O6S2/c1-19-16-25-17-23(14-15-27(25)44-19)30(39)28-29(21-10-12-22(13-11-21)33(42)43-2)38(32(41)31(28)40)34-36-37-35(46-34)45-18-24-8-5-7-20-6-3-4-9-26(20)24/h3-15,17,19,29,39H,16,18H2,1-2H3/b30-28+/t19-,29-/m0/s1. The Balaban J connectivity index is 1.26. The second-order valence-electron chi connectivity index (χ2n) is 11.0. The number of hydrogen-bond acceptors (Lipinski definition) is 10. The average molecular weight is 650 g/mol. The van der Waals surface area contributed by atoms with Gasteiger partial charge in [-0.25, -0.2) is 4.79 Å². The highest BCUT2D eigenvalue weighted by molar-refractivity contribution is 8.00. The van der Waals surface area contributed by atoms with E-state index < -0.39 is 23.7 Å². The normalized spacial score (nSPS) is 18.5. The zero-order valence-corrected chi connectivity index (χ0v) is 26.4. The number of esters is 1. The minimum atomic E-state index is -1.01. The van der Waals surface area contributed by atoms with Crippen LogP contribution in [0.4, 0.5) is 5.13 Å². The van der Waals surface area contributed by atoms with E-state index in [2.05, 4.69) is 34.5 Å². The van der Waals surface area contributed by atoms with Crippen LogP contribution in [0.3, 0.4) is 0 Å². The maximum absolute atomic E-state index is 13.7. The van der Waals surface area contributed by atoms with E-state index in [0.29, 0.717) is 33.2 Å². The first kappa shape index (κ1) is 29.7. The van der Waals surface area contributed by atoms with Crippen LogP contribution in [0.25, 0.3) is 16.5 Å². The third-order valence-corrected chi connectivity index (χ3v) is 10.2. The van der Waals surface area contributed by atoms with Crippen molar-refractivity contribution in [2.24, 2.45) is 0 Å². The van der Waals surface area contributed by atoms with Gasteiger partial charge in [0.2, 0.25) is 5.13 Å². The molecular formula is C35H27N3O6S2. The van der Waals surface area contributed by atoms with Gasteiger partial charge >= 0.3 is 11.9 Å². The number of amides is 1. The molecular weight excluding hydrogens is 623 g/mol. The molecule has 9 nitrogen and oxygen atoms in total. The van der Waals surface area contributed by atoms with Crippen molar-refractivity contribution in [3.8, 4) is 5.75 Å². The Hall–Kier alpha value is -5.00. The average Bonchev–Trinajstić information content (AvgIpc) is 3.77. The molecule has 230 valence electrons. The first-order valence-electron chi connectivity index (χ1n) is 14.5. The second kappa shape index (κ2) is 12.1. The number of Topliss-reactive ketones (excluding diaryl/α,β-unsaturated/α-hetero) is 1. The van der Waals surface area contributed by atoms with Crippen molar-refractivity contribution >= 4 is 62.4 Å². The molecule has 2 aliphatic rings. The van der Waals surface area contributed by atoms with Gasteiger partial charge in [0.15, 0.2) is 4.34 Å². The number of fused-ring (bicyclic) bond motifs is 2. The Bertz CT molecular complexity index is 2050. The van der Waals surface area contributed by atoms with E-state index in [4.69, 9.17) is 9.47 Å². The maximum atomic E-state index is 13.7. The number of thioether (sulfide) groups is 1. The largest absolute Gasteiger partial charge is 0.507 e. The lowest BCUT2D eigenvalue weighted by Gasteiger charge is -2.22. The predicted molar refractivity (Wildman–Crippen MR) is 176 cm³/mol. The zero-order valence-electron chi connectivity index (χ0n) is 24.8. The number of ether oxygens (including phenoxy) is 2. The number of methoxy groups -OCH3 is 1. The molecule has 0 unspecified atom stereocenters. The van der Waals surface area contributed by atoms with E-state index in [1.54, 1.807) is 42.5 Å². The summed E-state index contributed by atoms with van der Waals surface area (Å²) < 4.78 is 11.3. The Kier molecular flexibility index (Phi) is 7.79. The SMILES string of the molecule is COC(=O)c1ccc([C@H]2/C(=C(\O)c3ccc4c(c3)C[C@H](C)O4)C(=O)C(=O)N2c2nnc(SCc3cccc4ccccc34)s2)cc1. The molecule has 2 atom stereocenters. The minimum absolute atomic E-state index is 0.00335. The molecule has 0 aliphatic carbocycles. The molecule has 0 bridgehead atoms. The van der Waals surface area contributed by atoms with E-state index in [1.165, 1.54) is 35.1 Å². The van der Waals surface area contributed by atoms with Crippen molar-refractivity contribution in [1.82, 2.24) is 10.2 Å². The summed E-state index contributed by atoms with van der Waals surface area (Å²) in [5.74, 6) is -1.14. The molecule has 11 heteroatoms. The summed E-state index contributed by atoms with van der Waals surface area (Å²) in [6.07, 6.45) is 0.657. The summed E-state index contributed by atoms with van der Waals surface area (Å²) in [5.41, 5.74) is 3.17. The maximum Gasteiger partial charge on any atom is 0.337 e. The Labute approximate surface area is 272 Å². The lowest BCUT2D eigenvalue weighted by Crippen LogP contribution is -2.29. The molecule has 1 aromatic heterocycles. The summed E-state index contributed by atoms with van der Waals surface area (Å²) in [6.45, 7) is 1.96. The van der Waals surface area contributed by atoms with Crippen LogP contribution >= 0.6 is 23.1 Å². The summed E-state index contributed by atoms with van der Waals surface area (Å²) in [6, 6.07) is 24.9. The lowest BCUT2D eigenvalue weighted by atomic mass is 9.94. The van der Waals surface area contributed by atoms with Crippen LogP contribution in [-0.4, -0.2) is 46.2 Å². The first-order chi connectivity index (χ1) is 22.3. The smallest absolute Gasteiger partial charge is 0.337 e. The van der Waals surface area contributed by atoms with Gasteiger partial charge in [0.1, 0.15) is 17.6 Å². The summed E-state index contributed by atoms with van der Waals surface area (Å²) in [4.78, 5) is 40.8. The van der Waals surface area contributed by atoms with Crippen LogP contribution < -0.4 is 9.64 Å². The molecule has 0 saturated carbocycles. The van der Waals surface area contributed by atoms with Gasteiger partial charge in [-0.15, -0.1) is 10.2 Å². The molecule has 1 saturated heterocycles. The molecule has 46 heavy (non-hydrogen) atoms. The third kappa shape index (κ3) is 5.31. The molecule has 7 rings (SSSR count). The number of carbonyl (C=O) groups is 3. The number of aliphatic hydroxyl groups is 1. The van der Waals surface area contributed by atoms with Crippen LogP contribution in [0, 0.1) is 0 Å². The monoisotopic (exact) mass is 649 g/mol. The van der Waals surface area contributed by atoms with Gasteiger partial charge in [-0.05, 0) is 64.7 Å². The summed E-state index contributed by atoms with van der Waals surface area (Å²) in [7, 11) is 1.29. The van der Waals surface area contributed by atoms with Gasteiger partial charge in [0.25, 0.3) is 5.78 Å².